The van der Waals surface area contributed by atoms with Crippen LogP contribution >= 0.6 is 27.5 Å². The lowest BCUT2D eigenvalue weighted by molar-refractivity contribution is -0.118. The Hall–Kier alpha value is -2.50. The fourth-order valence-corrected chi connectivity index (χ4v) is 3.62. The van der Waals surface area contributed by atoms with Gasteiger partial charge in [-0.15, -0.1) is 0 Å². The van der Waals surface area contributed by atoms with Crippen LogP contribution in [0.4, 0.5) is 11.4 Å². The molecule has 156 valence electrons. The van der Waals surface area contributed by atoms with E-state index in [-0.39, 0.29) is 12.5 Å². The maximum Gasteiger partial charge on any atom is 0.262 e. The summed E-state index contributed by atoms with van der Waals surface area (Å²) in [6.07, 6.45) is 0. The standard InChI is InChI=1S/C24H24BrClN2O2/c1-15-5-4-6-22(17(15)3)28-24(29)14-30-23-10-8-18(11-20(23)25)13-27-19-9-7-16(2)21(26)12-19/h4-12,27H,13-14H2,1-3H3,(H,28,29). The molecule has 30 heavy (non-hydrogen) atoms. The van der Waals surface area contributed by atoms with Gasteiger partial charge in [0.25, 0.3) is 5.91 Å². The molecular formula is C24H24BrClN2O2. The van der Waals surface area contributed by atoms with Gasteiger partial charge in [0, 0.05) is 22.9 Å². The van der Waals surface area contributed by atoms with Crippen LogP contribution in [0.25, 0.3) is 0 Å². The molecule has 3 aromatic rings. The Morgan fingerprint density at radius 1 is 1.03 bits per heavy atom. The van der Waals surface area contributed by atoms with Crippen LogP contribution in [0.15, 0.2) is 59.1 Å². The SMILES string of the molecule is Cc1ccc(NCc2ccc(OCC(=O)Nc3cccc(C)c3C)c(Br)c2)cc1Cl. The fraction of sp³-hybridized carbons (Fsp3) is 0.208. The normalized spacial score (nSPS) is 10.6. The van der Waals surface area contributed by atoms with Crippen molar-refractivity contribution < 1.29 is 9.53 Å². The van der Waals surface area contributed by atoms with Crippen molar-refractivity contribution >= 4 is 44.8 Å². The molecule has 2 N–H and O–H groups in total. The molecule has 0 aromatic heterocycles. The highest BCUT2D eigenvalue weighted by atomic mass is 79.9. The first-order valence-electron chi connectivity index (χ1n) is 9.61. The molecule has 0 bridgehead atoms. The van der Waals surface area contributed by atoms with E-state index in [9.17, 15) is 4.79 Å². The minimum absolute atomic E-state index is 0.0640. The highest BCUT2D eigenvalue weighted by Crippen LogP contribution is 2.27. The number of carbonyl (C=O) groups is 1. The van der Waals surface area contributed by atoms with E-state index in [4.69, 9.17) is 16.3 Å². The minimum Gasteiger partial charge on any atom is -0.483 e. The molecule has 0 fully saturated rings. The fourth-order valence-electron chi connectivity index (χ4n) is 2.89. The summed E-state index contributed by atoms with van der Waals surface area (Å²) in [5, 5.41) is 6.99. The molecule has 0 radical (unpaired) electrons. The van der Waals surface area contributed by atoms with Crippen LogP contribution in [0.5, 0.6) is 5.75 Å². The molecule has 0 saturated heterocycles. The van der Waals surface area contributed by atoms with Gasteiger partial charge in [-0.1, -0.05) is 35.9 Å². The summed E-state index contributed by atoms with van der Waals surface area (Å²) in [5.41, 5.74) is 6.08. The third kappa shape index (κ3) is 5.77. The van der Waals surface area contributed by atoms with Crippen molar-refractivity contribution in [1.29, 1.82) is 0 Å². The summed E-state index contributed by atoms with van der Waals surface area (Å²) in [6.45, 7) is 6.56. The summed E-state index contributed by atoms with van der Waals surface area (Å²) < 4.78 is 6.49. The van der Waals surface area contributed by atoms with Gasteiger partial charge < -0.3 is 15.4 Å². The molecule has 0 atom stereocenters. The van der Waals surface area contributed by atoms with Gasteiger partial charge >= 0.3 is 0 Å². The van der Waals surface area contributed by atoms with E-state index >= 15 is 0 Å². The van der Waals surface area contributed by atoms with Crippen LogP contribution in [-0.2, 0) is 11.3 Å². The lowest BCUT2D eigenvalue weighted by atomic mass is 10.1. The van der Waals surface area contributed by atoms with Crippen molar-refractivity contribution in [3.05, 3.63) is 86.3 Å². The van der Waals surface area contributed by atoms with Crippen LogP contribution in [-0.4, -0.2) is 12.5 Å². The van der Waals surface area contributed by atoms with Gasteiger partial charge in [0.05, 0.1) is 4.47 Å². The van der Waals surface area contributed by atoms with E-state index in [1.807, 2.05) is 75.4 Å². The average molecular weight is 488 g/mol. The number of aryl methyl sites for hydroxylation is 2. The third-order valence-corrected chi connectivity index (χ3v) is 5.93. The number of benzene rings is 3. The van der Waals surface area contributed by atoms with Gasteiger partial charge in [-0.2, -0.15) is 0 Å². The first-order valence-corrected chi connectivity index (χ1v) is 10.8. The molecule has 3 rings (SSSR count). The number of ether oxygens (including phenoxy) is 1. The Bertz CT molecular complexity index is 1070. The summed E-state index contributed by atoms with van der Waals surface area (Å²) in [4.78, 5) is 12.3. The molecule has 0 heterocycles. The number of nitrogens with one attached hydrogen (secondary N) is 2. The highest BCUT2D eigenvalue weighted by Gasteiger charge is 2.09. The monoisotopic (exact) mass is 486 g/mol. The topological polar surface area (TPSA) is 50.4 Å². The molecule has 0 spiro atoms. The van der Waals surface area contributed by atoms with Crippen LogP contribution in [0.3, 0.4) is 0 Å². The molecule has 0 unspecified atom stereocenters. The smallest absolute Gasteiger partial charge is 0.262 e. The number of hydrogen-bond acceptors (Lipinski definition) is 3. The second kappa shape index (κ2) is 10.0. The Morgan fingerprint density at radius 2 is 1.83 bits per heavy atom. The predicted molar refractivity (Wildman–Crippen MR) is 128 cm³/mol. The quantitative estimate of drug-likeness (QED) is 0.392. The van der Waals surface area contributed by atoms with Crippen LogP contribution in [0, 0.1) is 20.8 Å². The first kappa shape index (κ1) is 22.2. The number of amides is 1. The Labute approximate surface area is 190 Å². The number of carbonyl (C=O) groups excluding carboxylic acids is 1. The molecule has 0 saturated carbocycles. The molecule has 6 heteroatoms. The van der Waals surface area contributed by atoms with Gasteiger partial charge in [-0.05, 0) is 89.3 Å². The zero-order valence-corrected chi connectivity index (χ0v) is 19.5. The lowest BCUT2D eigenvalue weighted by Gasteiger charge is -2.13. The van der Waals surface area contributed by atoms with E-state index in [0.29, 0.717) is 12.3 Å². The van der Waals surface area contributed by atoms with Gasteiger partial charge in [0.1, 0.15) is 5.75 Å². The Morgan fingerprint density at radius 3 is 2.57 bits per heavy atom. The third-order valence-electron chi connectivity index (χ3n) is 4.90. The largest absolute Gasteiger partial charge is 0.483 e. The van der Waals surface area contributed by atoms with Crippen molar-refractivity contribution in [1.82, 2.24) is 0 Å². The summed E-state index contributed by atoms with van der Waals surface area (Å²) in [5.74, 6) is 0.422. The molecule has 3 aromatic carbocycles. The van der Waals surface area contributed by atoms with Crippen LogP contribution in [0.1, 0.15) is 22.3 Å². The molecule has 1 amide bonds. The molecular weight excluding hydrogens is 464 g/mol. The van der Waals surface area contributed by atoms with Gasteiger partial charge in [-0.3, -0.25) is 4.79 Å². The van der Waals surface area contributed by atoms with Crippen molar-refractivity contribution in [2.45, 2.75) is 27.3 Å². The minimum atomic E-state index is -0.197. The Kier molecular flexibility index (Phi) is 7.40. The lowest BCUT2D eigenvalue weighted by Crippen LogP contribution is -2.21. The summed E-state index contributed by atoms with van der Waals surface area (Å²) in [7, 11) is 0. The zero-order valence-electron chi connectivity index (χ0n) is 17.2. The van der Waals surface area contributed by atoms with E-state index in [2.05, 4.69) is 26.6 Å². The number of halogens is 2. The summed E-state index contributed by atoms with van der Waals surface area (Å²) in [6, 6.07) is 17.5. The number of rotatable bonds is 7. The van der Waals surface area contributed by atoms with Crippen LogP contribution in [0.2, 0.25) is 5.02 Å². The zero-order chi connectivity index (χ0) is 21.7. The molecule has 4 nitrogen and oxygen atoms in total. The van der Waals surface area contributed by atoms with E-state index in [1.165, 1.54) is 0 Å². The van der Waals surface area contributed by atoms with E-state index in [0.717, 1.165) is 43.1 Å². The number of anilines is 2. The second-order valence-electron chi connectivity index (χ2n) is 7.17. The molecule has 0 aliphatic heterocycles. The van der Waals surface area contributed by atoms with Crippen molar-refractivity contribution in [2.75, 3.05) is 17.2 Å². The van der Waals surface area contributed by atoms with E-state index in [1.54, 1.807) is 0 Å². The number of hydrogen-bond donors (Lipinski definition) is 2. The highest BCUT2D eigenvalue weighted by molar-refractivity contribution is 9.10. The van der Waals surface area contributed by atoms with Crippen molar-refractivity contribution in [3.8, 4) is 5.75 Å². The van der Waals surface area contributed by atoms with Gasteiger partial charge in [0.2, 0.25) is 0 Å². The summed E-state index contributed by atoms with van der Waals surface area (Å²) >= 11 is 9.70. The van der Waals surface area contributed by atoms with Crippen LogP contribution < -0.4 is 15.4 Å². The average Bonchev–Trinajstić information content (AvgIpc) is 2.71. The van der Waals surface area contributed by atoms with Crippen molar-refractivity contribution in [2.24, 2.45) is 0 Å². The van der Waals surface area contributed by atoms with Gasteiger partial charge in [0.15, 0.2) is 6.61 Å². The second-order valence-corrected chi connectivity index (χ2v) is 8.43. The molecule has 0 aliphatic rings. The maximum atomic E-state index is 12.3. The van der Waals surface area contributed by atoms with Gasteiger partial charge in [-0.25, -0.2) is 0 Å². The maximum absolute atomic E-state index is 12.3. The Balaban J connectivity index is 1.55. The molecule has 0 aliphatic carbocycles. The van der Waals surface area contributed by atoms with E-state index < -0.39 is 0 Å². The first-order chi connectivity index (χ1) is 14.3. The van der Waals surface area contributed by atoms with Crippen molar-refractivity contribution in [3.63, 3.8) is 0 Å². The predicted octanol–water partition coefficient (Wildman–Crippen LogP) is 6.66.